The number of carbonyl (C=O) groups is 2. The van der Waals surface area contributed by atoms with E-state index in [9.17, 15) is 9.59 Å². The quantitative estimate of drug-likeness (QED) is 0.453. The van der Waals surface area contributed by atoms with Crippen molar-refractivity contribution in [3.63, 3.8) is 0 Å². The summed E-state index contributed by atoms with van der Waals surface area (Å²) < 4.78 is 7.56. The van der Waals surface area contributed by atoms with E-state index in [0.29, 0.717) is 29.3 Å². The van der Waals surface area contributed by atoms with E-state index >= 15 is 0 Å². The number of nitrogens with one attached hydrogen (secondary N) is 2. The molecule has 2 N–H and O–H groups in total. The number of benzene rings is 1. The second kappa shape index (κ2) is 7.41. The highest BCUT2D eigenvalue weighted by Crippen LogP contribution is 2.28. The molecule has 10 heteroatoms. The van der Waals surface area contributed by atoms with E-state index in [1.807, 2.05) is 25.3 Å². The van der Waals surface area contributed by atoms with Crippen molar-refractivity contribution >= 4 is 23.3 Å². The number of imide groups is 1. The Bertz CT molecular complexity index is 1330. The van der Waals surface area contributed by atoms with Gasteiger partial charge in [0.1, 0.15) is 5.54 Å². The molecule has 0 spiro atoms. The van der Waals surface area contributed by atoms with Crippen LogP contribution in [-0.2, 0) is 16.8 Å². The lowest BCUT2D eigenvalue weighted by Crippen LogP contribution is -2.40. The van der Waals surface area contributed by atoms with Crippen molar-refractivity contribution in [2.45, 2.75) is 32.7 Å². The maximum atomic E-state index is 12.2. The lowest BCUT2D eigenvalue weighted by Gasteiger charge is -2.21. The zero-order valence-electron chi connectivity index (χ0n) is 17.7. The van der Waals surface area contributed by atoms with Gasteiger partial charge in [-0.2, -0.15) is 4.98 Å². The van der Waals surface area contributed by atoms with Gasteiger partial charge in [0.2, 0.25) is 11.7 Å². The summed E-state index contributed by atoms with van der Waals surface area (Å²) >= 11 is 1.56. The molecule has 1 saturated heterocycles. The van der Waals surface area contributed by atoms with Gasteiger partial charge >= 0.3 is 6.03 Å². The van der Waals surface area contributed by atoms with Crippen LogP contribution in [0.1, 0.15) is 35.5 Å². The Labute approximate surface area is 187 Å². The van der Waals surface area contributed by atoms with Crippen molar-refractivity contribution in [2.75, 3.05) is 0 Å². The van der Waals surface area contributed by atoms with E-state index in [1.165, 1.54) is 0 Å². The average Bonchev–Trinajstić information content (AvgIpc) is 3.53. The Morgan fingerprint density at radius 3 is 2.62 bits per heavy atom. The molecule has 0 radical (unpaired) electrons. The number of hydrogen-bond donors (Lipinski definition) is 2. The average molecular weight is 449 g/mol. The van der Waals surface area contributed by atoms with Gasteiger partial charge in [-0.15, -0.1) is 11.3 Å². The fourth-order valence-electron chi connectivity index (χ4n) is 3.76. The molecule has 3 aromatic heterocycles. The van der Waals surface area contributed by atoms with Gasteiger partial charge in [-0.3, -0.25) is 14.7 Å². The molecule has 1 aliphatic rings. The number of urea groups is 1. The molecule has 1 unspecified atom stereocenters. The van der Waals surface area contributed by atoms with Crippen LogP contribution in [0.25, 0.3) is 16.5 Å². The van der Waals surface area contributed by atoms with E-state index in [-0.39, 0.29) is 0 Å². The highest BCUT2D eigenvalue weighted by atomic mass is 32.1. The molecule has 162 valence electrons. The molecule has 32 heavy (non-hydrogen) atoms. The van der Waals surface area contributed by atoms with Gasteiger partial charge in [-0.1, -0.05) is 23.4 Å². The number of aryl methyl sites for hydroxylation is 2. The largest absolute Gasteiger partial charge is 0.339 e. The number of aromatic nitrogens is 4. The first kappa shape index (κ1) is 20.1. The monoisotopic (exact) mass is 448 g/mol. The van der Waals surface area contributed by atoms with Crippen molar-refractivity contribution in [1.29, 1.82) is 0 Å². The summed E-state index contributed by atoms with van der Waals surface area (Å²) in [7, 11) is 0. The second-order valence-corrected chi connectivity index (χ2v) is 8.71. The molecular formula is C22H20N6O3S. The normalized spacial score (nSPS) is 18.1. The van der Waals surface area contributed by atoms with Gasteiger partial charge in [-0.05, 0) is 44.5 Å². The first-order chi connectivity index (χ1) is 15.3. The van der Waals surface area contributed by atoms with Crippen LogP contribution < -0.4 is 10.6 Å². The Kier molecular flexibility index (Phi) is 4.66. The van der Waals surface area contributed by atoms with Crippen LogP contribution in [-0.4, -0.2) is 31.6 Å². The summed E-state index contributed by atoms with van der Waals surface area (Å²) in [6.07, 6.45) is 0.415. The van der Waals surface area contributed by atoms with Gasteiger partial charge < -0.3 is 9.84 Å². The fraction of sp³-hybridized carbons (Fsp3) is 0.227. The van der Waals surface area contributed by atoms with Crippen LogP contribution in [0.4, 0.5) is 4.79 Å². The van der Waals surface area contributed by atoms with Crippen LogP contribution in [0.3, 0.4) is 0 Å². The number of nitrogens with zero attached hydrogens (tertiary/aromatic N) is 4. The minimum absolute atomic E-state index is 0.402. The van der Waals surface area contributed by atoms with Crippen LogP contribution in [0.2, 0.25) is 0 Å². The molecule has 1 aromatic carbocycles. The van der Waals surface area contributed by atoms with Gasteiger partial charge in [0.15, 0.2) is 5.13 Å². The predicted molar refractivity (Wildman–Crippen MR) is 117 cm³/mol. The first-order valence-electron chi connectivity index (χ1n) is 10.0. The maximum Gasteiger partial charge on any atom is 0.322 e. The Morgan fingerprint density at radius 2 is 1.91 bits per heavy atom. The van der Waals surface area contributed by atoms with E-state index in [1.54, 1.807) is 36.5 Å². The zero-order chi connectivity index (χ0) is 22.5. The summed E-state index contributed by atoms with van der Waals surface area (Å²) in [5, 5.41) is 11.9. The predicted octanol–water partition coefficient (Wildman–Crippen LogP) is 3.25. The third kappa shape index (κ3) is 3.38. The minimum atomic E-state index is -1.15. The Balaban J connectivity index is 1.37. The Morgan fingerprint density at radius 1 is 1.12 bits per heavy atom. The number of carbonyl (C=O) groups excluding carboxylic acids is 2. The van der Waals surface area contributed by atoms with Crippen molar-refractivity contribution in [1.82, 2.24) is 30.3 Å². The van der Waals surface area contributed by atoms with Gasteiger partial charge in [0, 0.05) is 22.3 Å². The van der Waals surface area contributed by atoms with Gasteiger partial charge in [0.05, 0.1) is 12.1 Å². The summed E-state index contributed by atoms with van der Waals surface area (Å²) in [5.41, 5.74) is 3.27. The number of thiazole rings is 1. The zero-order valence-corrected chi connectivity index (χ0v) is 18.5. The highest BCUT2D eigenvalue weighted by molar-refractivity contribution is 7.12. The van der Waals surface area contributed by atoms with Crippen molar-refractivity contribution in [2.24, 2.45) is 0 Å². The van der Waals surface area contributed by atoms with Gasteiger partial charge in [0.25, 0.3) is 5.91 Å². The molecule has 0 aliphatic carbocycles. The topological polar surface area (TPSA) is 115 Å². The Hall–Kier alpha value is -3.79. The molecule has 1 atom stereocenters. The molecule has 1 aliphatic heterocycles. The van der Waals surface area contributed by atoms with Gasteiger partial charge in [-0.25, -0.2) is 9.78 Å². The lowest BCUT2D eigenvalue weighted by atomic mass is 9.91. The minimum Gasteiger partial charge on any atom is -0.339 e. The molecule has 0 bridgehead atoms. The highest BCUT2D eigenvalue weighted by Gasteiger charge is 2.43. The fourth-order valence-corrected chi connectivity index (χ4v) is 4.71. The summed E-state index contributed by atoms with van der Waals surface area (Å²) in [6.45, 7) is 5.75. The first-order valence-corrected chi connectivity index (χ1v) is 10.9. The van der Waals surface area contributed by atoms with Crippen molar-refractivity contribution in [3.8, 4) is 16.5 Å². The van der Waals surface area contributed by atoms with E-state index in [0.717, 1.165) is 22.2 Å². The number of rotatable bonds is 5. The summed E-state index contributed by atoms with van der Waals surface area (Å²) in [5.74, 6) is 0.449. The molecule has 5 rings (SSSR count). The standard InChI is InChI=1S/C22H20N6O3S/c1-12-7-8-13(2)28(12)21-23-16(11-32-21)10-17-24-18(27-31-17)14-5-4-6-15(9-14)22(3)19(29)25-20(30)26-22/h4-9,11H,10H2,1-3H3,(H2,25,26,29,30). The van der Waals surface area contributed by atoms with Crippen LogP contribution in [0.5, 0.6) is 0 Å². The van der Waals surface area contributed by atoms with E-state index < -0.39 is 17.5 Å². The maximum absolute atomic E-state index is 12.2. The third-order valence-electron chi connectivity index (χ3n) is 5.55. The second-order valence-electron chi connectivity index (χ2n) is 7.88. The molecule has 4 heterocycles. The number of hydrogen-bond acceptors (Lipinski definition) is 7. The molecule has 4 aromatic rings. The molecular weight excluding hydrogens is 428 g/mol. The van der Waals surface area contributed by atoms with Crippen LogP contribution >= 0.6 is 11.3 Å². The summed E-state index contributed by atoms with van der Waals surface area (Å²) in [4.78, 5) is 33.0. The van der Waals surface area contributed by atoms with Crippen molar-refractivity contribution in [3.05, 3.63) is 70.3 Å². The molecule has 9 nitrogen and oxygen atoms in total. The third-order valence-corrected chi connectivity index (χ3v) is 6.42. The van der Waals surface area contributed by atoms with E-state index in [4.69, 9.17) is 9.51 Å². The summed E-state index contributed by atoms with van der Waals surface area (Å²) in [6, 6.07) is 10.8. The lowest BCUT2D eigenvalue weighted by molar-refractivity contribution is -0.123. The number of amides is 3. The molecule has 3 amide bonds. The smallest absolute Gasteiger partial charge is 0.322 e. The molecule has 1 fully saturated rings. The van der Waals surface area contributed by atoms with Crippen molar-refractivity contribution < 1.29 is 14.1 Å². The SMILES string of the molecule is Cc1ccc(C)n1-c1nc(Cc2nc(-c3cccc(C4(C)NC(=O)NC4=O)c3)no2)cs1. The van der Waals surface area contributed by atoms with Crippen LogP contribution in [0.15, 0.2) is 46.3 Å². The molecule has 0 saturated carbocycles. The van der Waals surface area contributed by atoms with E-state index in [2.05, 4.69) is 37.5 Å². The van der Waals surface area contributed by atoms with Crippen LogP contribution in [0, 0.1) is 13.8 Å².